The van der Waals surface area contributed by atoms with Gasteiger partial charge in [0.2, 0.25) is 5.91 Å². The number of alkyl carbamates (subject to hydrolysis) is 1. The van der Waals surface area contributed by atoms with Crippen LogP contribution >= 0.6 is 0 Å². The first kappa shape index (κ1) is 25.8. The Kier molecular flexibility index (Phi) is 12.7. The molecule has 2 amide bonds. The zero-order valence-corrected chi connectivity index (χ0v) is 18.2. The molecule has 0 heterocycles. The fourth-order valence-corrected chi connectivity index (χ4v) is 2.19. The highest BCUT2D eigenvalue weighted by molar-refractivity contribution is 5.90. The molecule has 4 N–H and O–H groups in total. The predicted octanol–water partition coefficient (Wildman–Crippen LogP) is 2.05. The summed E-state index contributed by atoms with van der Waals surface area (Å²) in [5.41, 5.74) is 6.78. The number of anilines is 1. The summed E-state index contributed by atoms with van der Waals surface area (Å²) in [6.07, 6.45) is -0.190. The Bertz CT molecular complexity index is 616. The van der Waals surface area contributed by atoms with Crippen LogP contribution in [0.3, 0.4) is 0 Å². The van der Waals surface area contributed by atoms with Gasteiger partial charge in [-0.15, -0.1) is 0 Å². The normalized spacial score (nSPS) is 11.2. The number of hydrogen-bond acceptors (Lipinski definition) is 7. The van der Waals surface area contributed by atoms with Crippen LogP contribution in [0.5, 0.6) is 0 Å². The van der Waals surface area contributed by atoms with Gasteiger partial charge in [-0.2, -0.15) is 0 Å². The van der Waals surface area contributed by atoms with Gasteiger partial charge in [0.1, 0.15) is 5.60 Å². The molecule has 0 fully saturated rings. The summed E-state index contributed by atoms with van der Waals surface area (Å²) < 4.78 is 21.2. The molecule has 9 heteroatoms. The summed E-state index contributed by atoms with van der Waals surface area (Å²) in [4.78, 5) is 23.3. The van der Waals surface area contributed by atoms with Crippen molar-refractivity contribution in [2.24, 2.45) is 5.73 Å². The number of nitrogens with two attached hydrogens (primary N) is 1. The second-order valence-electron chi connectivity index (χ2n) is 7.47. The second-order valence-corrected chi connectivity index (χ2v) is 7.47. The van der Waals surface area contributed by atoms with Gasteiger partial charge in [-0.25, -0.2) is 4.79 Å². The quantitative estimate of drug-likeness (QED) is 0.390. The van der Waals surface area contributed by atoms with Crippen molar-refractivity contribution >= 4 is 17.7 Å². The van der Waals surface area contributed by atoms with Gasteiger partial charge in [-0.05, 0) is 38.5 Å². The number of benzene rings is 1. The summed E-state index contributed by atoms with van der Waals surface area (Å²) in [5, 5.41) is 5.41. The molecule has 9 nitrogen and oxygen atoms in total. The average molecular weight is 426 g/mol. The number of amides is 2. The highest BCUT2D eigenvalue weighted by Crippen LogP contribution is 2.09. The summed E-state index contributed by atoms with van der Waals surface area (Å²) in [6.45, 7) is 8.63. The first-order chi connectivity index (χ1) is 14.3. The predicted molar refractivity (Wildman–Crippen MR) is 114 cm³/mol. The maximum Gasteiger partial charge on any atom is 0.407 e. The van der Waals surface area contributed by atoms with Gasteiger partial charge in [0.25, 0.3) is 0 Å². The fourth-order valence-electron chi connectivity index (χ4n) is 2.19. The van der Waals surface area contributed by atoms with Crippen molar-refractivity contribution in [2.45, 2.75) is 39.3 Å². The molecule has 0 aliphatic carbocycles. The van der Waals surface area contributed by atoms with Gasteiger partial charge in [0.15, 0.2) is 0 Å². The van der Waals surface area contributed by atoms with Crippen LogP contribution < -0.4 is 16.4 Å². The van der Waals surface area contributed by atoms with E-state index in [0.29, 0.717) is 52.7 Å². The van der Waals surface area contributed by atoms with E-state index in [1.165, 1.54) is 0 Å². The number of carbonyl (C=O) groups excluding carboxylic acids is 2. The first-order valence-electron chi connectivity index (χ1n) is 10.1. The van der Waals surface area contributed by atoms with Crippen molar-refractivity contribution < 1.29 is 28.5 Å². The van der Waals surface area contributed by atoms with Crippen molar-refractivity contribution in [3.05, 3.63) is 29.8 Å². The van der Waals surface area contributed by atoms with E-state index < -0.39 is 11.7 Å². The Labute approximate surface area is 178 Å². The average Bonchev–Trinajstić information content (AvgIpc) is 2.68. The van der Waals surface area contributed by atoms with Gasteiger partial charge < -0.3 is 35.3 Å². The van der Waals surface area contributed by atoms with Gasteiger partial charge in [0.05, 0.1) is 46.1 Å². The zero-order valence-electron chi connectivity index (χ0n) is 18.2. The van der Waals surface area contributed by atoms with Crippen molar-refractivity contribution in [1.29, 1.82) is 0 Å². The monoisotopic (exact) mass is 425 g/mol. The van der Waals surface area contributed by atoms with Crippen LogP contribution in [0.1, 0.15) is 32.8 Å². The number of ether oxygens (including phenoxy) is 4. The fraction of sp³-hybridized carbons (Fsp3) is 0.619. The van der Waals surface area contributed by atoms with Crippen molar-refractivity contribution in [1.82, 2.24) is 5.32 Å². The molecule has 1 rings (SSSR count). The third kappa shape index (κ3) is 13.9. The smallest absolute Gasteiger partial charge is 0.407 e. The van der Waals surface area contributed by atoms with E-state index in [1.54, 1.807) is 0 Å². The molecule has 0 radical (unpaired) electrons. The topological polar surface area (TPSA) is 121 Å². The van der Waals surface area contributed by atoms with E-state index in [-0.39, 0.29) is 12.3 Å². The van der Waals surface area contributed by atoms with E-state index in [2.05, 4.69) is 10.6 Å². The molecule has 1 aromatic rings. The summed E-state index contributed by atoms with van der Waals surface area (Å²) in [6, 6.07) is 7.41. The van der Waals surface area contributed by atoms with E-state index >= 15 is 0 Å². The molecule has 30 heavy (non-hydrogen) atoms. The summed E-state index contributed by atoms with van der Waals surface area (Å²) in [7, 11) is 0. The van der Waals surface area contributed by atoms with Crippen LogP contribution in [-0.2, 0) is 30.3 Å². The summed E-state index contributed by atoms with van der Waals surface area (Å²) >= 11 is 0. The highest BCUT2D eigenvalue weighted by Gasteiger charge is 2.15. The van der Waals surface area contributed by atoms with Gasteiger partial charge in [-0.3, -0.25) is 4.79 Å². The van der Waals surface area contributed by atoms with Crippen molar-refractivity contribution in [3.8, 4) is 0 Å². The minimum absolute atomic E-state index is 0.107. The molecular weight excluding hydrogens is 390 g/mol. The largest absolute Gasteiger partial charge is 0.444 e. The van der Waals surface area contributed by atoms with Crippen LogP contribution in [0.15, 0.2) is 24.3 Å². The molecule has 0 bridgehead atoms. The van der Waals surface area contributed by atoms with Crippen LogP contribution in [-0.4, -0.2) is 63.8 Å². The molecule has 0 atom stereocenters. The van der Waals surface area contributed by atoms with Gasteiger partial charge in [0, 0.05) is 18.8 Å². The van der Waals surface area contributed by atoms with Crippen molar-refractivity contribution in [2.75, 3.05) is 51.5 Å². The third-order valence-electron chi connectivity index (χ3n) is 3.61. The Morgan fingerprint density at radius 2 is 1.47 bits per heavy atom. The lowest BCUT2D eigenvalue weighted by Crippen LogP contribution is -2.34. The minimum atomic E-state index is -0.512. The third-order valence-corrected chi connectivity index (χ3v) is 3.61. The number of rotatable bonds is 14. The lowest BCUT2D eigenvalue weighted by molar-refractivity contribution is -0.117. The Hall–Kier alpha value is -2.20. The Morgan fingerprint density at radius 3 is 2.03 bits per heavy atom. The lowest BCUT2D eigenvalue weighted by atomic mass is 10.2. The van der Waals surface area contributed by atoms with Crippen LogP contribution in [0.25, 0.3) is 0 Å². The van der Waals surface area contributed by atoms with Crippen molar-refractivity contribution in [3.63, 3.8) is 0 Å². The van der Waals surface area contributed by atoms with E-state index in [1.807, 2.05) is 45.0 Å². The molecule has 0 unspecified atom stereocenters. The van der Waals surface area contributed by atoms with Crippen LogP contribution in [0, 0.1) is 0 Å². The van der Waals surface area contributed by atoms with Gasteiger partial charge in [-0.1, -0.05) is 12.1 Å². The van der Waals surface area contributed by atoms with E-state index in [0.717, 1.165) is 11.3 Å². The number of nitrogens with one attached hydrogen (secondary N) is 2. The maximum atomic E-state index is 11.8. The summed E-state index contributed by atoms with van der Waals surface area (Å²) in [5.74, 6) is -0.107. The molecule has 0 saturated heterocycles. The molecule has 0 aromatic heterocycles. The molecule has 170 valence electrons. The molecule has 0 aliphatic rings. The minimum Gasteiger partial charge on any atom is -0.444 e. The molecule has 0 spiro atoms. The van der Waals surface area contributed by atoms with E-state index in [4.69, 9.17) is 24.7 Å². The molecule has 0 aliphatic heterocycles. The second kappa shape index (κ2) is 14.7. The van der Waals surface area contributed by atoms with Gasteiger partial charge >= 0.3 is 6.09 Å². The standard InChI is InChI=1S/C21H35N3O6/c1-21(2,3)30-20(26)23-9-11-28-13-15-29-14-12-27-10-8-19(25)24-18-6-4-17(16-22)5-7-18/h4-7H,8-16,22H2,1-3H3,(H,23,26)(H,24,25). The molecule has 0 saturated carbocycles. The van der Waals surface area contributed by atoms with Crippen LogP contribution in [0.4, 0.5) is 10.5 Å². The first-order valence-corrected chi connectivity index (χ1v) is 10.1. The number of carbonyl (C=O) groups is 2. The Morgan fingerprint density at radius 1 is 0.900 bits per heavy atom. The highest BCUT2D eigenvalue weighted by atomic mass is 16.6. The Balaban J connectivity index is 1.89. The molecule has 1 aromatic carbocycles. The SMILES string of the molecule is CC(C)(C)OC(=O)NCCOCCOCCOCCC(=O)Nc1ccc(CN)cc1. The number of hydrogen-bond donors (Lipinski definition) is 3. The van der Waals surface area contributed by atoms with Crippen LogP contribution in [0.2, 0.25) is 0 Å². The lowest BCUT2D eigenvalue weighted by Gasteiger charge is -2.19. The zero-order chi connectivity index (χ0) is 22.2. The van der Waals surface area contributed by atoms with E-state index in [9.17, 15) is 9.59 Å². The molecular formula is C21H35N3O6. The maximum absolute atomic E-state index is 11.8.